The van der Waals surface area contributed by atoms with Crippen LogP contribution in [0.15, 0.2) is 90.1 Å². The molecule has 1 saturated carbocycles. The predicted molar refractivity (Wildman–Crippen MR) is 230 cm³/mol. The van der Waals surface area contributed by atoms with E-state index in [1.165, 1.54) is 7.11 Å². The largest absolute Gasteiger partial charge is 0.492 e. The molecule has 318 valence electrons. The van der Waals surface area contributed by atoms with Crippen LogP contribution in [0.5, 0.6) is 11.5 Å². The van der Waals surface area contributed by atoms with Crippen molar-refractivity contribution in [1.29, 1.82) is 0 Å². The Morgan fingerprint density at radius 2 is 1.80 bits per heavy atom. The molecule has 0 spiro atoms. The van der Waals surface area contributed by atoms with Crippen molar-refractivity contribution in [3.05, 3.63) is 96.1 Å². The molecule has 11 heteroatoms. The highest BCUT2D eigenvalue weighted by Crippen LogP contribution is 2.62. The zero-order valence-electron chi connectivity index (χ0n) is 35.3. The Hall–Kier alpha value is -4.42. The minimum Gasteiger partial charge on any atom is -0.492 e. The number of oxime groups is 1. The van der Waals surface area contributed by atoms with E-state index in [-0.39, 0.29) is 50.5 Å². The fourth-order valence-corrected chi connectivity index (χ4v) is 9.55. The van der Waals surface area contributed by atoms with E-state index in [0.717, 1.165) is 84.3 Å². The summed E-state index contributed by atoms with van der Waals surface area (Å²) < 4.78 is 26.5. The molecule has 2 fully saturated rings. The number of amides is 1. The van der Waals surface area contributed by atoms with Crippen LogP contribution in [-0.2, 0) is 20.9 Å². The van der Waals surface area contributed by atoms with Crippen molar-refractivity contribution >= 4 is 22.6 Å². The van der Waals surface area contributed by atoms with Crippen LogP contribution in [0.2, 0.25) is 0 Å². The van der Waals surface area contributed by atoms with Gasteiger partial charge >= 0.3 is 6.09 Å². The summed E-state index contributed by atoms with van der Waals surface area (Å²) in [6.07, 6.45) is 8.65. The lowest BCUT2D eigenvalue weighted by molar-refractivity contribution is -0.256. The topological polar surface area (TPSA) is 122 Å². The van der Waals surface area contributed by atoms with Gasteiger partial charge in [0.15, 0.2) is 0 Å². The van der Waals surface area contributed by atoms with Gasteiger partial charge in [-0.3, -0.25) is 9.80 Å². The predicted octanol–water partition coefficient (Wildman–Crippen LogP) is 8.23. The molecule has 2 aliphatic heterocycles. The van der Waals surface area contributed by atoms with Gasteiger partial charge in [-0.25, -0.2) is 4.79 Å². The number of hydrogen-bond acceptors (Lipinski definition) is 10. The number of unbranched alkanes of at least 4 members (excludes halogenated alkanes) is 2. The van der Waals surface area contributed by atoms with Crippen LogP contribution in [0.3, 0.4) is 0 Å². The molecule has 7 rings (SSSR count). The Balaban J connectivity index is 1.45. The lowest BCUT2D eigenvalue weighted by Gasteiger charge is -2.60. The van der Waals surface area contributed by atoms with Gasteiger partial charge < -0.3 is 34.0 Å². The molecule has 2 heterocycles. The van der Waals surface area contributed by atoms with Gasteiger partial charge in [-0.15, -0.1) is 6.58 Å². The molecule has 6 unspecified atom stereocenters. The van der Waals surface area contributed by atoms with Gasteiger partial charge in [0.05, 0.1) is 31.9 Å². The van der Waals surface area contributed by atoms with E-state index in [1.807, 2.05) is 51.1 Å². The maximum absolute atomic E-state index is 14.4. The molecule has 0 aromatic heterocycles. The van der Waals surface area contributed by atoms with Gasteiger partial charge in [-0.2, -0.15) is 0 Å². The van der Waals surface area contributed by atoms with Crippen molar-refractivity contribution in [1.82, 2.24) is 9.80 Å². The number of aliphatic hydroxyl groups excluding tert-OH is 2. The number of benzene rings is 3. The molecular formula is C48H63N3O8. The zero-order valence-corrected chi connectivity index (χ0v) is 35.3. The summed E-state index contributed by atoms with van der Waals surface area (Å²) in [5, 5.41) is 26.9. The van der Waals surface area contributed by atoms with Gasteiger partial charge in [0.25, 0.3) is 0 Å². The average Bonchev–Trinajstić information content (AvgIpc) is 4.07. The maximum atomic E-state index is 14.4. The standard InChI is InChI=1S/C48H63N3O8/c1-6-27-57-48-43(51(46(54)55-5)32-35-17-13-16-33-14-7-8-18-37(33)35)31-41(49-59-47(2,3)4)39-29-34(15-9-11-25-52)38(19-10-12-26-53)44(45(39)48)40-30-36(20-21-42(40)58-48)56-28-24-50-22-23-50/h6-8,13-14,16-18,20-21,29-30,34,38,43-45,52-53H,1,9-12,15,19,22-28,31-32H2,2-5H3. The Labute approximate surface area is 349 Å². The SMILES string of the molecule is C=CCOC12Oc3ccc(OCCN4CC4)cc3C3C(CCCCO)C(CCCCO)C=C(C(=NOC(C)(C)C)CC1N(Cc1cccc4ccccc14)C(=O)OC)C32. The zero-order chi connectivity index (χ0) is 41.6. The Morgan fingerprint density at radius 1 is 1.03 bits per heavy atom. The quantitative estimate of drug-likeness (QED) is 0.0534. The van der Waals surface area contributed by atoms with E-state index in [0.29, 0.717) is 25.2 Å². The molecular weight excluding hydrogens is 747 g/mol. The first-order valence-corrected chi connectivity index (χ1v) is 21.5. The third-order valence-corrected chi connectivity index (χ3v) is 12.3. The highest BCUT2D eigenvalue weighted by atomic mass is 16.7. The van der Waals surface area contributed by atoms with Crippen molar-refractivity contribution in [3.8, 4) is 11.5 Å². The number of nitrogens with zero attached hydrogens (tertiary/aromatic N) is 3. The van der Waals surface area contributed by atoms with E-state index >= 15 is 0 Å². The van der Waals surface area contributed by atoms with Crippen LogP contribution in [0, 0.1) is 17.8 Å². The number of hydrogen-bond donors (Lipinski definition) is 2. The van der Waals surface area contributed by atoms with Crippen LogP contribution >= 0.6 is 0 Å². The lowest BCUT2D eigenvalue weighted by Crippen LogP contribution is -2.70. The summed E-state index contributed by atoms with van der Waals surface area (Å²) in [6.45, 7) is 14.3. The van der Waals surface area contributed by atoms with Crippen molar-refractivity contribution in [2.24, 2.45) is 22.9 Å². The van der Waals surface area contributed by atoms with E-state index in [4.69, 9.17) is 28.9 Å². The molecule has 1 amide bonds. The number of carbonyl (C=O) groups excluding carboxylic acids is 1. The van der Waals surface area contributed by atoms with E-state index in [9.17, 15) is 15.0 Å². The van der Waals surface area contributed by atoms with Crippen LogP contribution in [-0.4, -0.2) is 102 Å². The first-order valence-electron chi connectivity index (χ1n) is 21.5. The summed E-state index contributed by atoms with van der Waals surface area (Å²) in [5.41, 5.74) is 3.13. The molecule has 4 aliphatic rings. The third-order valence-electron chi connectivity index (χ3n) is 12.3. The second kappa shape index (κ2) is 18.9. The summed E-state index contributed by atoms with van der Waals surface area (Å²) in [4.78, 5) is 24.8. The first-order chi connectivity index (χ1) is 28.6. The van der Waals surface area contributed by atoms with E-state index < -0.39 is 29.4 Å². The smallest absolute Gasteiger partial charge is 0.410 e. The van der Waals surface area contributed by atoms with E-state index in [2.05, 4.69) is 47.9 Å². The molecule has 0 radical (unpaired) electrons. The third kappa shape index (κ3) is 9.49. The molecule has 59 heavy (non-hydrogen) atoms. The fourth-order valence-electron chi connectivity index (χ4n) is 9.55. The minimum atomic E-state index is -1.40. The second-order valence-electron chi connectivity index (χ2n) is 17.4. The summed E-state index contributed by atoms with van der Waals surface area (Å²) in [5.74, 6) is -0.305. The van der Waals surface area contributed by atoms with Gasteiger partial charge in [0.2, 0.25) is 5.79 Å². The highest BCUT2D eigenvalue weighted by molar-refractivity contribution is 6.03. The van der Waals surface area contributed by atoms with Crippen LogP contribution in [0.4, 0.5) is 4.79 Å². The summed E-state index contributed by atoms with van der Waals surface area (Å²) in [7, 11) is 1.41. The molecule has 0 bridgehead atoms. The Kier molecular flexibility index (Phi) is 13.7. The molecule has 2 N–H and O–H groups in total. The van der Waals surface area contributed by atoms with Gasteiger partial charge in [-0.05, 0) is 98.4 Å². The second-order valence-corrected chi connectivity index (χ2v) is 17.4. The monoisotopic (exact) mass is 809 g/mol. The van der Waals surface area contributed by atoms with Crippen LogP contribution < -0.4 is 9.47 Å². The molecule has 6 atom stereocenters. The van der Waals surface area contributed by atoms with Crippen molar-refractivity contribution in [2.75, 3.05) is 53.2 Å². The van der Waals surface area contributed by atoms with Crippen LogP contribution in [0.1, 0.15) is 82.8 Å². The molecule has 1 saturated heterocycles. The van der Waals surface area contributed by atoms with E-state index in [1.54, 1.807) is 11.0 Å². The summed E-state index contributed by atoms with van der Waals surface area (Å²) >= 11 is 0. The number of ether oxygens (including phenoxy) is 4. The average molecular weight is 810 g/mol. The highest BCUT2D eigenvalue weighted by Gasteiger charge is 2.65. The first kappa shape index (κ1) is 42.7. The van der Waals surface area contributed by atoms with Gasteiger partial charge in [0, 0.05) is 50.8 Å². The maximum Gasteiger partial charge on any atom is 0.410 e. The molecule has 2 aliphatic carbocycles. The van der Waals surface area contributed by atoms with Gasteiger partial charge in [-0.1, -0.05) is 72.6 Å². The van der Waals surface area contributed by atoms with Crippen molar-refractivity contribution < 1.29 is 38.8 Å². The lowest BCUT2D eigenvalue weighted by atomic mass is 9.55. The number of methoxy groups -OCH3 is 1. The Morgan fingerprint density at radius 3 is 2.53 bits per heavy atom. The molecule has 3 aromatic rings. The normalized spacial score (nSPS) is 25.4. The van der Waals surface area contributed by atoms with Crippen molar-refractivity contribution in [2.45, 2.75) is 95.6 Å². The fraction of sp³-hybridized carbons (Fsp3) is 0.542. The molecule has 11 nitrogen and oxygen atoms in total. The number of fused-ring (bicyclic) bond motifs is 3. The van der Waals surface area contributed by atoms with Gasteiger partial charge in [0.1, 0.15) is 29.7 Å². The number of rotatable bonds is 19. The summed E-state index contributed by atoms with van der Waals surface area (Å²) in [6, 6.07) is 19.7. The van der Waals surface area contributed by atoms with Crippen LogP contribution in [0.25, 0.3) is 10.8 Å². The molecule has 3 aromatic carbocycles. The van der Waals surface area contributed by atoms with Crippen molar-refractivity contribution in [3.63, 3.8) is 0 Å². The number of aliphatic hydroxyl groups is 2. The number of allylic oxidation sites excluding steroid dienone is 1. The minimum absolute atomic E-state index is 0.101. The number of carbonyl (C=O) groups is 1. The Bertz CT molecular complexity index is 1980.